The fraction of sp³-hybridized carbons (Fsp3) is 0.935. The molecule has 0 radical (unpaired) electrons. The summed E-state index contributed by atoms with van der Waals surface area (Å²) in [4.78, 5) is 32.5. The van der Waals surface area contributed by atoms with Gasteiger partial charge >= 0.3 is 0 Å². The van der Waals surface area contributed by atoms with E-state index in [1.165, 1.54) is 52.1 Å². The molecule has 4 heteroatoms. The van der Waals surface area contributed by atoms with Crippen molar-refractivity contribution in [1.29, 1.82) is 0 Å². The lowest BCUT2D eigenvalue weighted by Gasteiger charge is -2.72. The molecule has 0 heterocycles. The monoisotopic (exact) mass is 485 g/mol. The summed E-state index contributed by atoms with van der Waals surface area (Å²) in [5.41, 5.74) is 3.12. The Balaban J connectivity index is 1.54. The minimum atomic E-state index is -0.420. The van der Waals surface area contributed by atoms with Gasteiger partial charge in [0.25, 0.3) is 0 Å². The van der Waals surface area contributed by atoms with Crippen molar-refractivity contribution in [3.05, 3.63) is 0 Å². The highest BCUT2D eigenvalue weighted by atomic mass is 16.6. The first-order chi connectivity index (χ1) is 16.2. The molecule has 1 amide bonds. The molecule has 35 heavy (non-hydrogen) atoms. The molecule has 198 valence electrons. The molecule has 0 aromatic rings. The van der Waals surface area contributed by atoms with E-state index in [9.17, 15) is 9.59 Å². The summed E-state index contributed by atoms with van der Waals surface area (Å²) >= 11 is 0. The number of hydroxylamine groups is 1. The molecule has 5 aliphatic carbocycles. The third-order valence-corrected chi connectivity index (χ3v) is 13.6. The van der Waals surface area contributed by atoms with E-state index in [-0.39, 0.29) is 33.5 Å². The maximum atomic E-state index is 14.4. The first-order valence-electron chi connectivity index (χ1n) is 14.5. The molecular formula is C31H51NO3. The standard InChI is InChI=1S/C31H51NO3/c1-26(2)11-9-12-29(5)23(26)10-13-31(7)24(29)22(33)18-20-21-19-28(4,25(34)32-35-8)15-14-27(21,3)16-17-30(20,31)6/h20-21,23-24H,9-19H2,1-8H3,(H,32,34)/t20-,21-,23?,24-,27-,28?,29+,30-,31-/m1/s1. The summed E-state index contributed by atoms with van der Waals surface area (Å²) in [5, 5.41) is 0. The van der Waals surface area contributed by atoms with Gasteiger partial charge in [0, 0.05) is 17.8 Å². The van der Waals surface area contributed by atoms with Gasteiger partial charge in [-0.1, -0.05) is 54.9 Å². The number of nitrogens with one attached hydrogen (secondary N) is 1. The Hall–Kier alpha value is -0.900. The van der Waals surface area contributed by atoms with Gasteiger partial charge < -0.3 is 0 Å². The Kier molecular flexibility index (Phi) is 5.74. The number of hydrogen-bond acceptors (Lipinski definition) is 3. The summed E-state index contributed by atoms with van der Waals surface area (Å²) in [5.74, 6) is 2.19. The SMILES string of the molecule is CONC(=O)C1(C)CC[C@]2(C)CC[C@]3(C)[C@H](CC(=O)[C@@H]4[C@@]5(C)CCCC(C)(C)C5CC[C@]43C)[C@H]2C1. The first-order valence-corrected chi connectivity index (χ1v) is 14.5. The van der Waals surface area contributed by atoms with Gasteiger partial charge in [0.1, 0.15) is 5.78 Å². The highest BCUT2D eigenvalue weighted by molar-refractivity contribution is 5.85. The lowest BCUT2D eigenvalue weighted by Crippen LogP contribution is -2.68. The summed E-state index contributed by atoms with van der Waals surface area (Å²) in [6, 6.07) is 0. The molecule has 0 saturated heterocycles. The molecule has 0 aromatic carbocycles. The molecule has 5 saturated carbocycles. The van der Waals surface area contributed by atoms with Crippen LogP contribution in [0.1, 0.15) is 119 Å². The van der Waals surface area contributed by atoms with Crippen molar-refractivity contribution in [3.63, 3.8) is 0 Å². The fourth-order valence-corrected chi connectivity index (χ4v) is 11.4. The van der Waals surface area contributed by atoms with E-state index in [2.05, 4.69) is 53.9 Å². The second-order valence-corrected chi connectivity index (χ2v) is 15.6. The van der Waals surface area contributed by atoms with E-state index in [1.807, 2.05) is 0 Å². The van der Waals surface area contributed by atoms with Crippen molar-refractivity contribution in [1.82, 2.24) is 5.48 Å². The van der Waals surface area contributed by atoms with Crippen LogP contribution in [0.3, 0.4) is 0 Å². The van der Waals surface area contributed by atoms with Gasteiger partial charge in [0.15, 0.2) is 0 Å². The largest absolute Gasteiger partial charge is 0.299 e. The minimum absolute atomic E-state index is 0.0120. The smallest absolute Gasteiger partial charge is 0.249 e. The summed E-state index contributed by atoms with van der Waals surface area (Å²) < 4.78 is 0. The second-order valence-electron chi connectivity index (χ2n) is 15.6. The molecule has 4 nitrogen and oxygen atoms in total. The third kappa shape index (κ3) is 3.33. The molecule has 5 fully saturated rings. The zero-order valence-corrected chi connectivity index (χ0v) is 23.8. The number of ketones is 1. The normalized spacial score (nSPS) is 53.0. The highest BCUT2D eigenvalue weighted by Gasteiger charge is 2.71. The maximum absolute atomic E-state index is 14.4. The van der Waals surface area contributed by atoms with Crippen LogP contribution in [-0.2, 0) is 14.4 Å². The zero-order valence-electron chi connectivity index (χ0n) is 23.8. The number of carbonyl (C=O) groups is 2. The Morgan fingerprint density at radius 1 is 0.857 bits per heavy atom. The van der Waals surface area contributed by atoms with Crippen LogP contribution in [0.5, 0.6) is 0 Å². The number of carbonyl (C=O) groups excluding carboxylic acids is 2. The van der Waals surface area contributed by atoms with Gasteiger partial charge in [-0.2, -0.15) is 0 Å². The number of fused-ring (bicyclic) bond motifs is 7. The van der Waals surface area contributed by atoms with Gasteiger partial charge in [-0.3, -0.25) is 14.4 Å². The van der Waals surface area contributed by atoms with Gasteiger partial charge in [-0.15, -0.1) is 0 Å². The summed E-state index contributed by atoms with van der Waals surface area (Å²) in [6.45, 7) is 17.1. The van der Waals surface area contributed by atoms with Crippen LogP contribution in [0.25, 0.3) is 0 Å². The molecular weight excluding hydrogens is 434 g/mol. The van der Waals surface area contributed by atoms with Gasteiger partial charge in [0.2, 0.25) is 5.91 Å². The Morgan fingerprint density at radius 2 is 1.54 bits per heavy atom. The van der Waals surface area contributed by atoms with E-state index in [4.69, 9.17) is 4.84 Å². The summed E-state index contributed by atoms with van der Waals surface area (Å²) in [7, 11) is 1.52. The first kappa shape index (κ1) is 25.7. The van der Waals surface area contributed by atoms with Crippen molar-refractivity contribution in [3.8, 4) is 0 Å². The average molecular weight is 486 g/mol. The number of rotatable bonds is 2. The lowest BCUT2D eigenvalue weighted by molar-refractivity contribution is -0.233. The Labute approximate surface area is 214 Å². The molecule has 2 unspecified atom stereocenters. The highest BCUT2D eigenvalue weighted by Crippen LogP contribution is 2.76. The van der Waals surface area contributed by atoms with E-state index in [0.717, 1.165) is 25.7 Å². The van der Waals surface area contributed by atoms with E-state index >= 15 is 0 Å². The van der Waals surface area contributed by atoms with Crippen LogP contribution in [0.2, 0.25) is 0 Å². The average Bonchev–Trinajstić information content (AvgIpc) is 2.76. The number of Topliss-reactive ketones (excluding diaryl/α,β-unsaturated/α-hetero) is 1. The summed E-state index contributed by atoms with van der Waals surface area (Å²) in [6.07, 6.45) is 12.3. The van der Waals surface area contributed by atoms with Crippen molar-refractivity contribution in [2.45, 2.75) is 119 Å². The van der Waals surface area contributed by atoms with Gasteiger partial charge in [-0.05, 0) is 103 Å². The predicted octanol–water partition coefficient (Wildman–Crippen LogP) is 7.11. The Bertz CT molecular complexity index is 913. The van der Waals surface area contributed by atoms with Crippen molar-refractivity contribution in [2.75, 3.05) is 7.11 Å². The molecule has 0 aromatic heterocycles. The van der Waals surface area contributed by atoms with Crippen molar-refractivity contribution < 1.29 is 14.4 Å². The third-order valence-electron chi connectivity index (χ3n) is 13.6. The molecule has 1 N–H and O–H groups in total. The van der Waals surface area contributed by atoms with Crippen LogP contribution >= 0.6 is 0 Å². The van der Waals surface area contributed by atoms with Crippen LogP contribution < -0.4 is 5.48 Å². The number of amides is 1. The van der Waals surface area contributed by atoms with E-state index < -0.39 is 5.41 Å². The van der Waals surface area contributed by atoms with Gasteiger partial charge in [-0.25, -0.2) is 5.48 Å². The quantitative estimate of drug-likeness (QED) is 0.424. The number of hydrogen-bond donors (Lipinski definition) is 1. The van der Waals surface area contributed by atoms with Crippen LogP contribution in [-0.4, -0.2) is 18.8 Å². The topological polar surface area (TPSA) is 55.4 Å². The van der Waals surface area contributed by atoms with Crippen molar-refractivity contribution >= 4 is 11.7 Å². The molecule has 0 aliphatic heterocycles. The van der Waals surface area contributed by atoms with Gasteiger partial charge in [0.05, 0.1) is 7.11 Å². The van der Waals surface area contributed by atoms with Crippen molar-refractivity contribution in [2.24, 2.45) is 56.2 Å². The van der Waals surface area contributed by atoms with E-state index in [0.29, 0.717) is 29.0 Å². The Morgan fingerprint density at radius 3 is 2.23 bits per heavy atom. The maximum Gasteiger partial charge on any atom is 0.249 e. The predicted molar refractivity (Wildman–Crippen MR) is 139 cm³/mol. The molecule has 5 aliphatic rings. The second kappa shape index (κ2) is 7.81. The van der Waals surface area contributed by atoms with Crippen LogP contribution in [0.15, 0.2) is 0 Å². The molecule has 9 atom stereocenters. The lowest BCUT2D eigenvalue weighted by atomic mass is 9.31. The zero-order chi connectivity index (χ0) is 25.7. The molecule has 0 bridgehead atoms. The van der Waals surface area contributed by atoms with E-state index in [1.54, 1.807) is 0 Å². The fourth-order valence-electron chi connectivity index (χ4n) is 11.4. The van der Waals surface area contributed by atoms with Crippen LogP contribution in [0, 0.1) is 56.2 Å². The molecule has 0 spiro atoms. The van der Waals surface area contributed by atoms with Crippen LogP contribution in [0.4, 0.5) is 0 Å². The minimum Gasteiger partial charge on any atom is -0.299 e. The molecule has 5 rings (SSSR count).